The van der Waals surface area contributed by atoms with E-state index in [9.17, 15) is 0 Å². The minimum Gasteiger partial charge on any atom is -0.494 e. The highest BCUT2D eigenvalue weighted by atomic mass is 16.5. The van der Waals surface area contributed by atoms with E-state index in [-0.39, 0.29) is 0 Å². The van der Waals surface area contributed by atoms with E-state index < -0.39 is 0 Å². The van der Waals surface area contributed by atoms with Crippen molar-refractivity contribution in [2.45, 2.75) is 39.7 Å². The Morgan fingerprint density at radius 3 is 2.62 bits per heavy atom. The summed E-state index contributed by atoms with van der Waals surface area (Å²) in [6.07, 6.45) is 0. The molecule has 16 heavy (non-hydrogen) atoms. The van der Waals surface area contributed by atoms with Gasteiger partial charge in [0.2, 0.25) is 0 Å². The fourth-order valence-corrected chi connectivity index (χ4v) is 1.84. The van der Waals surface area contributed by atoms with Crippen LogP contribution in [0.3, 0.4) is 0 Å². The van der Waals surface area contributed by atoms with Gasteiger partial charge in [0.25, 0.3) is 0 Å². The van der Waals surface area contributed by atoms with Crippen molar-refractivity contribution in [2.24, 2.45) is 0 Å². The van der Waals surface area contributed by atoms with Crippen molar-refractivity contribution in [3.63, 3.8) is 0 Å². The fraction of sp³-hybridized carbons (Fsp3) is 0.571. The van der Waals surface area contributed by atoms with Gasteiger partial charge in [-0.1, -0.05) is 26.0 Å². The first-order valence-electron chi connectivity index (χ1n) is 6.15. The molecule has 0 heterocycles. The average molecular weight is 221 g/mol. The number of hydrogen-bond acceptors (Lipinski definition) is 2. The number of nitrogens with one attached hydrogen (secondary N) is 1. The molecule has 0 saturated heterocycles. The third kappa shape index (κ3) is 3.53. The summed E-state index contributed by atoms with van der Waals surface area (Å²) in [5, 5.41) is 3.45. The molecule has 0 aliphatic rings. The normalized spacial score (nSPS) is 14.5. The molecule has 0 fully saturated rings. The summed E-state index contributed by atoms with van der Waals surface area (Å²) in [5.74, 6) is 1.47. The molecule has 0 amide bonds. The molecule has 2 heteroatoms. The first kappa shape index (κ1) is 13.0. The lowest BCUT2D eigenvalue weighted by Crippen LogP contribution is -2.30. The van der Waals surface area contributed by atoms with Gasteiger partial charge in [-0.15, -0.1) is 0 Å². The second-order valence-electron chi connectivity index (χ2n) is 4.14. The molecule has 0 aliphatic carbocycles. The molecule has 1 rings (SSSR count). The molecule has 2 nitrogen and oxygen atoms in total. The Hall–Kier alpha value is -1.02. The van der Waals surface area contributed by atoms with Gasteiger partial charge < -0.3 is 10.1 Å². The third-order valence-corrected chi connectivity index (χ3v) is 2.97. The monoisotopic (exact) mass is 221 g/mol. The Morgan fingerprint density at radius 2 is 2.00 bits per heavy atom. The summed E-state index contributed by atoms with van der Waals surface area (Å²) >= 11 is 0. The largest absolute Gasteiger partial charge is 0.494 e. The molecule has 1 N–H and O–H groups in total. The number of benzene rings is 1. The minimum absolute atomic E-state index is 0.488. The van der Waals surface area contributed by atoms with Crippen LogP contribution in [0.15, 0.2) is 24.3 Å². The molecule has 0 spiro atoms. The van der Waals surface area contributed by atoms with Crippen LogP contribution in [0, 0.1) is 0 Å². The molecule has 2 unspecified atom stereocenters. The summed E-state index contributed by atoms with van der Waals surface area (Å²) in [5.41, 5.74) is 1.33. The van der Waals surface area contributed by atoms with Gasteiger partial charge in [0.05, 0.1) is 6.61 Å². The molecule has 1 aromatic rings. The smallest absolute Gasteiger partial charge is 0.119 e. The van der Waals surface area contributed by atoms with Crippen LogP contribution in [0.5, 0.6) is 5.75 Å². The van der Waals surface area contributed by atoms with Gasteiger partial charge in [-0.05, 0) is 44.0 Å². The first-order valence-corrected chi connectivity index (χ1v) is 6.15. The summed E-state index contributed by atoms with van der Waals surface area (Å²) < 4.78 is 5.52. The van der Waals surface area contributed by atoms with E-state index in [1.54, 1.807) is 0 Å². The lowest BCUT2D eigenvalue weighted by molar-refractivity contribution is 0.339. The van der Waals surface area contributed by atoms with Gasteiger partial charge in [0.15, 0.2) is 0 Å². The minimum atomic E-state index is 0.488. The van der Waals surface area contributed by atoms with Crippen LogP contribution in [-0.4, -0.2) is 19.2 Å². The quantitative estimate of drug-likeness (QED) is 0.796. The Balaban J connectivity index is 2.74. The summed E-state index contributed by atoms with van der Waals surface area (Å²) in [6, 6.07) is 8.87. The van der Waals surface area contributed by atoms with Crippen molar-refractivity contribution in [3.8, 4) is 5.75 Å². The van der Waals surface area contributed by atoms with Gasteiger partial charge in [0, 0.05) is 6.04 Å². The van der Waals surface area contributed by atoms with Gasteiger partial charge in [-0.2, -0.15) is 0 Å². The van der Waals surface area contributed by atoms with Gasteiger partial charge in [-0.3, -0.25) is 0 Å². The summed E-state index contributed by atoms with van der Waals surface area (Å²) in [4.78, 5) is 0. The number of likely N-dealkylation sites (N-methyl/N-ethyl adjacent to an activating group) is 1. The average Bonchev–Trinajstić information content (AvgIpc) is 2.29. The van der Waals surface area contributed by atoms with E-state index in [2.05, 4.69) is 44.3 Å². The zero-order valence-corrected chi connectivity index (χ0v) is 10.8. The van der Waals surface area contributed by atoms with Crippen LogP contribution in [0.1, 0.15) is 39.2 Å². The van der Waals surface area contributed by atoms with Crippen LogP contribution in [0.25, 0.3) is 0 Å². The topological polar surface area (TPSA) is 21.3 Å². The van der Waals surface area contributed by atoms with E-state index in [1.807, 2.05) is 13.0 Å². The molecule has 0 bridgehead atoms. The Bertz CT molecular complexity index is 311. The molecule has 1 aromatic carbocycles. The Labute approximate surface area is 99.0 Å². The first-order chi connectivity index (χ1) is 7.69. The predicted octanol–water partition coefficient (Wildman–Crippen LogP) is 3.19. The molecular formula is C14H23NO. The van der Waals surface area contributed by atoms with Gasteiger partial charge in [0.1, 0.15) is 5.75 Å². The van der Waals surface area contributed by atoms with Crippen molar-refractivity contribution in [1.29, 1.82) is 0 Å². The molecular weight excluding hydrogens is 198 g/mol. The van der Waals surface area contributed by atoms with E-state index in [0.29, 0.717) is 12.0 Å². The van der Waals surface area contributed by atoms with Crippen molar-refractivity contribution >= 4 is 0 Å². The zero-order chi connectivity index (χ0) is 12.0. The SMILES string of the molecule is CCNC(C)C(C)c1cccc(OCC)c1. The highest BCUT2D eigenvalue weighted by Gasteiger charge is 2.13. The summed E-state index contributed by atoms with van der Waals surface area (Å²) in [6.45, 7) is 10.4. The third-order valence-electron chi connectivity index (χ3n) is 2.97. The van der Waals surface area contributed by atoms with Crippen LogP contribution >= 0.6 is 0 Å². The second kappa shape index (κ2) is 6.54. The molecule has 0 saturated carbocycles. The van der Waals surface area contributed by atoms with Crippen molar-refractivity contribution in [2.75, 3.05) is 13.2 Å². The van der Waals surface area contributed by atoms with Crippen LogP contribution in [-0.2, 0) is 0 Å². The molecule has 0 aromatic heterocycles. The van der Waals surface area contributed by atoms with Gasteiger partial charge in [-0.25, -0.2) is 0 Å². The van der Waals surface area contributed by atoms with Crippen molar-refractivity contribution in [3.05, 3.63) is 29.8 Å². The van der Waals surface area contributed by atoms with E-state index in [4.69, 9.17) is 4.74 Å². The molecule has 0 aliphatic heterocycles. The van der Waals surface area contributed by atoms with Crippen LogP contribution in [0.4, 0.5) is 0 Å². The lowest BCUT2D eigenvalue weighted by Gasteiger charge is -2.21. The highest BCUT2D eigenvalue weighted by Crippen LogP contribution is 2.23. The maximum Gasteiger partial charge on any atom is 0.119 e. The maximum atomic E-state index is 5.52. The molecule has 2 atom stereocenters. The number of ether oxygens (including phenoxy) is 1. The predicted molar refractivity (Wildman–Crippen MR) is 69.2 cm³/mol. The van der Waals surface area contributed by atoms with E-state index in [0.717, 1.165) is 18.9 Å². The Morgan fingerprint density at radius 1 is 1.25 bits per heavy atom. The Kier molecular flexibility index (Phi) is 5.33. The fourth-order valence-electron chi connectivity index (χ4n) is 1.84. The number of hydrogen-bond donors (Lipinski definition) is 1. The van der Waals surface area contributed by atoms with Crippen LogP contribution < -0.4 is 10.1 Å². The zero-order valence-electron chi connectivity index (χ0n) is 10.8. The van der Waals surface area contributed by atoms with Crippen LogP contribution in [0.2, 0.25) is 0 Å². The maximum absolute atomic E-state index is 5.52. The van der Waals surface area contributed by atoms with Gasteiger partial charge >= 0.3 is 0 Å². The van der Waals surface area contributed by atoms with Crippen molar-refractivity contribution < 1.29 is 4.74 Å². The second-order valence-corrected chi connectivity index (χ2v) is 4.14. The standard InChI is InChI=1S/C14H23NO/c1-5-15-12(4)11(3)13-8-7-9-14(10-13)16-6-2/h7-12,15H,5-6H2,1-4H3. The van der Waals surface area contributed by atoms with E-state index >= 15 is 0 Å². The lowest BCUT2D eigenvalue weighted by atomic mass is 9.94. The van der Waals surface area contributed by atoms with Crippen molar-refractivity contribution in [1.82, 2.24) is 5.32 Å². The highest BCUT2D eigenvalue weighted by molar-refractivity contribution is 5.31. The van der Waals surface area contributed by atoms with E-state index in [1.165, 1.54) is 5.56 Å². The summed E-state index contributed by atoms with van der Waals surface area (Å²) in [7, 11) is 0. The molecule has 0 radical (unpaired) electrons. The number of rotatable bonds is 6. The molecule has 90 valence electrons.